The van der Waals surface area contributed by atoms with E-state index in [4.69, 9.17) is 9.47 Å². The van der Waals surface area contributed by atoms with Gasteiger partial charge in [0.1, 0.15) is 0 Å². The lowest BCUT2D eigenvalue weighted by Crippen LogP contribution is -2.31. The van der Waals surface area contributed by atoms with E-state index >= 15 is 0 Å². The topological polar surface area (TPSA) is 137 Å². The summed E-state index contributed by atoms with van der Waals surface area (Å²) in [6.45, 7) is 2.17. The van der Waals surface area contributed by atoms with E-state index < -0.39 is 29.5 Å². The van der Waals surface area contributed by atoms with Gasteiger partial charge in [0.2, 0.25) is 5.91 Å². The normalized spacial score (nSPS) is 11.1. The number of hydrogen-bond donors (Lipinski definition) is 2. The number of carbonyl (C=O) groups excluding carboxylic acids is 3. The number of hydrogen-bond acceptors (Lipinski definition) is 7. The molecule has 2 aromatic carbocycles. The van der Waals surface area contributed by atoms with Crippen LogP contribution in [0.5, 0.6) is 5.75 Å². The van der Waals surface area contributed by atoms with E-state index in [1.807, 2.05) is 0 Å². The number of anilines is 2. The van der Waals surface area contributed by atoms with Crippen LogP contribution in [0.3, 0.4) is 0 Å². The van der Waals surface area contributed by atoms with Gasteiger partial charge in [-0.25, -0.2) is 4.79 Å². The molecule has 10 heteroatoms. The molecule has 0 aromatic heterocycles. The monoisotopic (exact) mass is 401 g/mol. The molecule has 0 saturated carbocycles. The maximum absolute atomic E-state index is 12.1. The molecule has 0 aliphatic heterocycles. The van der Waals surface area contributed by atoms with Gasteiger partial charge < -0.3 is 20.1 Å². The highest BCUT2D eigenvalue weighted by Gasteiger charge is 2.20. The van der Waals surface area contributed by atoms with E-state index in [-0.39, 0.29) is 17.3 Å². The molecule has 2 amide bonds. The van der Waals surface area contributed by atoms with Crippen LogP contribution in [0.25, 0.3) is 0 Å². The van der Waals surface area contributed by atoms with Crippen LogP contribution in [0.2, 0.25) is 0 Å². The maximum atomic E-state index is 12.1. The zero-order valence-electron chi connectivity index (χ0n) is 15.7. The average molecular weight is 401 g/mol. The third kappa shape index (κ3) is 6.61. The summed E-state index contributed by atoms with van der Waals surface area (Å²) in [7, 11) is 0. The molecule has 29 heavy (non-hydrogen) atoms. The highest BCUT2D eigenvalue weighted by molar-refractivity contribution is 5.95. The second-order valence-corrected chi connectivity index (χ2v) is 5.89. The number of esters is 1. The van der Waals surface area contributed by atoms with Gasteiger partial charge >= 0.3 is 11.7 Å². The Morgan fingerprint density at radius 2 is 1.62 bits per heavy atom. The van der Waals surface area contributed by atoms with Crippen LogP contribution < -0.4 is 15.4 Å². The van der Waals surface area contributed by atoms with Gasteiger partial charge in [0.05, 0.1) is 4.92 Å². The van der Waals surface area contributed by atoms with Crippen molar-refractivity contribution in [1.82, 2.24) is 0 Å². The van der Waals surface area contributed by atoms with Crippen LogP contribution in [0.4, 0.5) is 17.1 Å². The quantitative estimate of drug-likeness (QED) is 0.394. The van der Waals surface area contributed by atoms with E-state index in [1.165, 1.54) is 38.1 Å². The lowest BCUT2D eigenvalue weighted by Gasteiger charge is -2.14. The molecule has 0 saturated heterocycles. The van der Waals surface area contributed by atoms with Crippen molar-refractivity contribution in [3.63, 3.8) is 0 Å². The number of benzene rings is 2. The first-order valence-corrected chi connectivity index (χ1v) is 8.50. The van der Waals surface area contributed by atoms with Gasteiger partial charge in [0.15, 0.2) is 18.5 Å². The van der Waals surface area contributed by atoms with Crippen LogP contribution in [0.1, 0.15) is 13.8 Å². The van der Waals surface area contributed by atoms with Crippen LogP contribution in [0, 0.1) is 10.1 Å². The number of para-hydroxylation sites is 2. The van der Waals surface area contributed by atoms with Crippen LogP contribution in [-0.2, 0) is 19.1 Å². The fraction of sp³-hybridized carbons (Fsp3) is 0.211. The van der Waals surface area contributed by atoms with Gasteiger partial charge in [-0.1, -0.05) is 12.1 Å². The third-order valence-corrected chi connectivity index (χ3v) is 3.56. The molecule has 0 aliphatic carbocycles. The number of nitro benzene ring substituents is 1. The summed E-state index contributed by atoms with van der Waals surface area (Å²) < 4.78 is 10.1. The van der Waals surface area contributed by atoms with Crippen molar-refractivity contribution in [3.05, 3.63) is 58.6 Å². The fourth-order valence-electron chi connectivity index (χ4n) is 2.24. The van der Waals surface area contributed by atoms with Gasteiger partial charge in [-0.05, 0) is 37.3 Å². The van der Waals surface area contributed by atoms with Crippen LogP contribution in [0.15, 0.2) is 48.5 Å². The first kappa shape index (κ1) is 21.4. The van der Waals surface area contributed by atoms with Gasteiger partial charge in [-0.3, -0.25) is 19.7 Å². The average Bonchev–Trinajstić information content (AvgIpc) is 2.67. The van der Waals surface area contributed by atoms with Gasteiger partial charge in [0, 0.05) is 24.4 Å². The summed E-state index contributed by atoms with van der Waals surface area (Å²) in [5, 5.41) is 16.1. The summed E-state index contributed by atoms with van der Waals surface area (Å²) in [5.74, 6) is -1.72. The Balaban J connectivity index is 1.85. The standard InChI is InChI=1S/C19H19N3O7/c1-12(19(25)21-15-9-7-14(8-10-15)20-13(2)23)29-18(24)11-28-17-6-4-3-5-16(17)22(26)27/h3-10,12H,11H2,1-2H3,(H,20,23)(H,21,25)/t12-/m0/s1. The summed E-state index contributed by atoms with van der Waals surface area (Å²) in [4.78, 5) is 45.3. The largest absolute Gasteiger partial charge is 0.475 e. The second-order valence-electron chi connectivity index (χ2n) is 5.89. The Hall–Kier alpha value is -3.95. The van der Waals surface area contributed by atoms with E-state index in [9.17, 15) is 24.5 Å². The van der Waals surface area contributed by atoms with Gasteiger partial charge in [-0.15, -0.1) is 0 Å². The minimum absolute atomic E-state index is 0.0779. The minimum atomic E-state index is -1.12. The number of ether oxygens (including phenoxy) is 2. The molecule has 2 rings (SSSR count). The van der Waals surface area contributed by atoms with Gasteiger partial charge in [-0.2, -0.15) is 0 Å². The Morgan fingerprint density at radius 3 is 2.21 bits per heavy atom. The molecule has 0 fully saturated rings. The highest BCUT2D eigenvalue weighted by atomic mass is 16.6. The van der Waals surface area contributed by atoms with Crippen molar-refractivity contribution in [2.45, 2.75) is 20.0 Å². The first-order valence-electron chi connectivity index (χ1n) is 8.50. The highest BCUT2D eigenvalue weighted by Crippen LogP contribution is 2.25. The molecule has 0 heterocycles. The number of nitrogens with zero attached hydrogens (tertiary/aromatic N) is 1. The van der Waals surface area contributed by atoms with E-state index in [2.05, 4.69) is 10.6 Å². The summed E-state index contributed by atoms with van der Waals surface area (Å²) in [6.07, 6.45) is -1.12. The SMILES string of the molecule is CC(=O)Nc1ccc(NC(=O)[C@H](C)OC(=O)COc2ccccc2[N+](=O)[O-])cc1. The molecular weight excluding hydrogens is 382 g/mol. The fourth-order valence-corrected chi connectivity index (χ4v) is 2.24. The molecule has 152 valence electrons. The first-order chi connectivity index (χ1) is 13.8. The Kier molecular flexibility index (Phi) is 7.24. The van der Waals surface area contributed by atoms with Crippen LogP contribution in [-0.4, -0.2) is 35.4 Å². The molecule has 10 nitrogen and oxygen atoms in total. The summed E-state index contributed by atoms with van der Waals surface area (Å²) >= 11 is 0. The zero-order chi connectivity index (χ0) is 21.4. The molecule has 0 radical (unpaired) electrons. The lowest BCUT2D eigenvalue weighted by atomic mass is 10.2. The van der Waals surface area contributed by atoms with Crippen molar-refractivity contribution in [2.75, 3.05) is 17.2 Å². The van der Waals surface area contributed by atoms with E-state index in [0.29, 0.717) is 11.4 Å². The minimum Gasteiger partial charge on any atom is -0.475 e. The van der Waals surface area contributed by atoms with E-state index in [1.54, 1.807) is 24.3 Å². The molecule has 0 aliphatic rings. The van der Waals surface area contributed by atoms with Crippen molar-refractivity contribution < 1.29 is 28.8 Å². The van der Waals surface area contributed by atoms with Crippen molar-refractivity contribution >= 4 is 34.8 Å². The molecule has 2 N–H and O–H groups in total. The number of rotatable bonds is 8. The molecule has 0 bridgehead atoms. The molecule has 1 atom stereocenters. The number of carbonyl (C=O) groups is 3. The predicted molar refractivity (Wildman–Crippen MR) is 104 cm³/mol. The molecular formula is C19H19N3O7. The van der Waals surface area contributed by atoms with Gasteiger partial charge in [0.25, 0.3) is 5.91 Å². The number of nitrogens with one attached hydrogen (secondary N) is 2. The smallest absolute Gasteiger partial charge is 0.344 e. The molecule has 0 unspecified atom stereocenters. The number of nitro groups is 1. The van der Waals surface area contributed by atoms with Crippen molar-refractivity contribution in [1.29, 1.82) is 0 Å². The van der Waals surface area contributed by atoms with Crippen molar-refractivity contribution in [3.8, 4) is 5.75 Å². The Morgan fingerprint density at radius 1 is 1.03 bits per heavy atom. The van der Waals surface area contributed by atoms with Crippen molar-refractivity contribution in [2.24, 2.45) is 0 Å². The maximum Gasteiger partial charge on any atom is 0.344 e. The predicted octanol–water partition coefficient (Wildman–Crippen LogP) is 2.50. The summed E-state index contributed by atoms with van der Waals surface area (Å²) in [5.41, 5.74) is 0.735. The van der Waals surface area contributed by atoms with Crippen LogP contribution >= 0.6 is 0 Å². The Labute approximate surface area is 166 Å². The molecule has 2 aromatic rings. The number of amides is 2. The zero-order valence-corrected chi connectivity index (χ0v) is 15.7. The second kappa shape index (κ2) is 9.83. The lowest BCUT2D eigenvalue weighted by molar-refractivity contribution is -0.385. The third-order valence-electron chi connectivity index (χ3n) is 3.56. The van der Waals surface area contributed by atoms with E-state index in [0.717, 1.165) is 0 Å². The Bertz CT molecular complexity index is 912. The summed E-state index contributed by atoms with van der Waals surface area (Å²) in [6, 6.07) is 12.0. The molecule has 0 spiro atoms.